The lowest BCUT2D eigenvalue weighted by molar-refractivity contribution is -0.138. The number of benzene rings is 1. The molecule has 0 N–H and O–H groups in total. The molecule has 0 aliphatic carbocycles. The summed E-state index contributed by atoms with van der Waals surface area (Å²) in [5, 5.41) is 0. The van der Waals surface area contributed by atoms with Crippen LogP contribution in [0.3, 0.4) is 0 Å². The molecule has 1 aromatic carbocycles. The van der Waals surface area contributed by atoms with Crippen molar-refractivity contribution in [2.24, 2.45) is 0 Å². The van der Waals surface area contributed by atoms with E-state index in [-0.39, 0.29) is 18.4 Å². The average molecular weight is 390 g/mol. The van der Waals surface area contributed by atoms with E-state index < -0.39 is 0 Å². The molecule has 0 radical (unpaired) electrons. The number of hydrogen-bond acceptors (Lipinski definition) is 6. The fraction of sp³-hybridized carbons (Fsp3) is 0.273. The highest BCUT2D eigenvalue weighted by molar-refractivity contribution is 5.78. The van der Waals surface area contributed by atoms with E-state index in [0.717, 1.165) is 22.7 Å². The molecule has 7 nitrogen and oxygen atoms in total. The van der Waals surface area contributed by atoms with Crippen LogP contribution in [-0.2, 0) is 16.0 Å². The number of carbonyl (C=O) groups is 1. The first-order valence-electron chi connectivity index (χ1n) is 9.48. The van der Waals surface area contributed by atoms with Gasteiger partial charge in [0, 0.05) is 24.0 Å². The number of morpholine rings is 1. The highest BCUT2D eigenvalue weighted by atomic mass is 16.5. The summed E-state index contributed by atoms with van der Waals surface area (Å²) in [7, 11) is 1.64. The molecule has 4 rings (SSSR count). The third-order valence-electron chi connectivity index (χ3n) is 4.85. The minimum atomic E-state index is -0.304. The molecule has 148 valence electrons. The summed E-state index contributed by atoms with van der Waals surface area (Å²) in [4.78, 5) is 27.8. The van der Waals surface area contributed by atoms with Gasteiger partial charge in [0.25, 0.3) is 0 Å². The van der Waals surface area contributed by atoms with Crippen LogP contribution in [0.4, 0.5) is 0 Å². The second-order valence-electron chi connectivity index (χ2n) is 6.75. The molecule has 7 heteroatoms. The Morgan fingerprint density at radius 1 is 1.21 bits per heavy atom. The largest absolute Gasteiger partial charge is 0.497 e. The summed E-state index contributed by atoms with van der Waals surface area (Å²) in [5.74, 6) is 0.826. The van der Waals surface area contributed by atoms with Crippen LogP contribution in [0, 0.1) is 0 Å². The van der Waals surface area contributed by atoms with Crippen LogP contribution in [0.2, 0.25) is 0 Å². The van der Waals surface area contributed by atoms with Crippen LogP contribution in [0.5, 0.6) is 5.75 Å². The molecule has 1 atom stereocenters. The van der Waals surface area contributed by atoms with Crippen LogP contribution in [0.1, 0.15) is 17.5 Å². The normalized spacial score (nSPS) is 16.4. The third kappa shape index (κ3) is 4.57. The van der Waals surface area contributed by atoms with E-state index in [4.69, 9.17) is 14.5 Å². The van der Waals surface area contributed by atoms with Crippen molar-refractivity contribution in [3.63, 3.8) is 0 Å². The Bertz CT molecular complexity index is 963. The zero-order chi connectivity index (χ0) is 20.1. The van der Waals surface area contributed by atoms with Crippen molar-refractivity contribution in [3.05, 3.63) is 72.4 Å². The lowest BCUT2D eigenvalue weighted by Crippen LogP contribution is -2.43. The van der Waals surface area contributed by atoms with Gasteiger partial charge < -0.3 is 14.4 Å². The van der Waals surface area contributed by atoms with E-state index in [0.29, 0.717) is 25.4 Å². The van der Waals surface area contributed by atoms with Crippen molar-refractivity contribution < 1.29 is 14.3 Å². The summed E-state index contributed by atoms with van der Waals surface area (Å²) < 4.78 is 11.1. The molecule has 1 fully saturated rings. The highest BCUT2D eigenvalue weighted by Crippen LogP contribution is 2.25. The number of ether oxygens (including phenoxy) is 2. The standard InChI is InChI=1S/C22H22N4O3/c1-28-18-7-5-16(6-8-18)19-13-23-14-20(25-19)21-15-26(10-11-29-21)22(27)12-17-4-2-3-9-24-17/h2-9,13-14,21H,10-12,15H2,1H3. The SMILES string of the molecule is COc1ccc(-c2cncc(C3CN(C(=O)Cc4ccccn4)CCO3)n2)cc1. The Kier molecular flexibility index (Phi) is 5.76. The first-order valence-corrected chi connectivity index (χ1v) is 9.48. The number of hydrogen-bond donors (Lipinski definition) is 0. The van der Waals surface area contributed by atoms with E-state index in [1.54, 1.807) is 25.7 Å². The van der Waals surface area contributed by atoms with Crippen molar-refractivity contribution in [1.82, 2.24) is 19.9 Å². The fourth-order valence-electron chi connectivity index (χ4n) is 3.26. The predicted molar refractivity (Wildman–Crippen MR) is 107 cm³/mol. The highest BCUT2D eigenvalue weighted by Gasteiger charge is 2.27. The maximum Gasteiger partial charge on any atom is 0.228 e. The maximum absolute atomic E-state index is 12.7. The number of pyridine rings is 1. The lowest BCUT2D eigenvalue weighted by atomic mass is 10.1. The van der Waals surface area contributed by atoms with Gasteiger partial charge in [0.1, 0.15) is 11.9 Å². The summed E-state index contributed by atoms with van der Waals surface area (Å²) in [6.07, 6.45) is 5.10. The maximum atomic E-state index is 12.7. The monoisotopic (exact) mass is 390 g/mol. The summed E-state index contributed by atoms with van der Waals surface area (Å²) >= 11 is 0. The Morgan fingerprint density at radius 2 is 2.07 bits per heavy atom. The Hall–Kier alpha value is -3.32. The Balaban J connectivity index is 1.47. The number of nitrogens with zero attached hydrogens (tertiary/aromatic N) is 4. The van der Waals surface area contributed by atoms with E-state index >= 15 is 0 Å². The van der Waals surface area contributed by atoms with E-state index in [1.807, 2.05) is 47.4 Å². The first-order chi connectivity index (χ1) is 14.2. The molecule has 2 aromatic heterocycles. The molecular formula is C22H22N4O3. The van der Waals surface area contributed by atoms with Gasteiger partial charge in [-0.1, -0.05) is 6.07 Å². The van der Waals surface area contributed by atoms with E-state index in [9.17, 15) is 4.79 Å². The van der Waals surface area contributed by atoms with Gasteiger partial charge in [0.15, 0.2) is 0 Å². The van der Waals surface area contributed by atoms with Crippen LogP contribution >= 0.6 is 0 Å². The van der Waals surface area contributed by atoms with Gasteiger partial charge in [0.05, 0.1) is 50.5 Å². The molecule has 1 aliphatic rings. The molecule has 29 heavy (non-hydrogen) atoms. The zero-order valence-electron chi connectivity index (χ0n) is 16.2. The smallest absolute Gasteiger partial charge is 0.228 e. The van der Waals surface area contributed by atoms with Gasteiger partial charge in [-0.3, -0.25) is 14.8 Å². The molecule has 0 spiro atoms. The summed E-state index contributed by atoms with van der Waals surface area (Å²) in [6.45, 7) is 1.48. The quantitative estimate of drug-likeness (QED) is 0.667. The van der Waals surface area contributed by atoms with Crippen LogP contribution in [-0.4, -0.2) is 52.6 Å². The molecule has 0 bridgehead atoms. The topological polar surface area (TPSA) is 77.4 Å². The van der Waals surface area contributed by atoms with Gasteiger partial charge >= 0.3 is 0 Å². The number of aromatic nitrogens is 3. The molecule has 1 amide bonds. The van der Waals surface area contributed by atoms with Crippen LogP contribution in [0.25, 0.3) is 11.3 Å². The number of rotatable bonds is 5. The minimum Gasteiger partial charge on any atom is -0.497 e. The van der Waals surface area contributed by atoms with Crippen molar-refractivity contribution in [2.75, 3.05) is 26.8 Å². The average Bonchev–Trinajstić information content (AvgIpc) is 2.80. The van der Waals surface area contributed by atoms with Gasteiger partial charge in [-0.25, -0.2) is 4.98 Å². The number of amides is 1. The third-order valence-corrected chi connectivity index (χ3v) is 4.85. The zero-order valence-corrected chi connectivity index (χ0v) is 16.2. The summed E-state index contributed by atoms with van der Waals surface area (Å²) in [5.41, 5.74) is 3.18. The Labute approximate surface area is 169 Å². The number of carbonyl (C=O) groups excluding carboxylic acids is 1. The molecular weight excluding hydrogens is 368 g/mol. The second-order valence-corrected chi connectivity index (χ2v) is 6.75. The molecule has 0 saturated carbocycles. The van der Waals surface area contributed by atoms with Crippen molar-refractivity contribution >= 4 is 5.91 Å². The van der Waals surface area contributed by atoms with Gasteiger partial charge in [-0.2, -0.15) is 0 Å². The molecule has 1 saturated heterocycles. The molecule has 3 aromatic rings. The predicted octanol–water partition coefficient (Wildman–Crippen LogP) is 2.69. The Morgan fingerprint density at radius 3 is 2.83 bits per heavy atom. The fourth-order valence-corrected chi connectivity index (χ4v) is 3.26. The molecule has 1 unspecified atom stereocenters. The van der Waals surface area contributed by atoms with Crippen molar-refractivity contribution in [2.45, 2.75) is 12.5 Å². The van der Waals surface area contributed by atoms with Crippen LogP contribution in [0.15, 0.2) is 61.1 Å². The first kappa shape index (κ1) is 19.0. The van der Waals surface area contributed by atoms with Gasteiger partial charge in [0.2, 0.25) is 5.91 Å². The lowest BCUT2D eigenvalue weighted by Gasteiger charge is -2.32. The molecule has 1 aliphatic heterocycles. The summed E-state index contributed by atoms with van der Waals surface area (Å²) in [6, 6.07) is 13.2. The molecule has 3 heterocycles. The van der Waals surface area contributed by atoms with Gasteiger partial charge in [-0.15, -0.1) is 0 Å². The van der Waals surface area contributed by atoms with Crippen molar-refractivity contribution in [3.8, 4) is 17.0 Å². The van der Waals surface area contributed by atoms with E-state index in [1.165, 1.54) is 0 Å². The second kappa shape index (κ2) is 8.79. The van der Waals surface area contributed by atoms with E-state index in [2.05, 4.69) is 9.97 Å². The minimum absolute atomic E-state index is 0.0382. The van der Waals surface area contributed by atoms with Crippen LogP contribution < -0.4 is 4.74 Å². The van der Waals surface area contributed by atoms with Gasteiger partial charge in [-0.05, 0) is 36.4 Å². The van der Waals surface area contributed by atoms with Crippen molar-refractivity contribution in [1.29, 1.82) is 0 Å². The number of methoxy groups -OCH3 is 1.